The van der Waals surface area contributed by atoms with Crippen LogP contribution in [0.2, 0.25) is 0 Å². The van der Waals surface area contributed by atoms with Gasteiger partial charge in [0.05, 0.1) is 5.56 Å². The van der Waals surface area contributed by atoms with Crippen LogP contribution in [0, 0.1) is 12.7 Å². The molecule has 0 aliphatic carbocycles. The molecule has 0 radical (unpaired) electrons. The SMILES string of the molecule is Cc1noc(-c2cccc(Nc3nccc(Oc4ccc(-c5cnc(Cc6ccccc6)n(C)c5=O)cc4F)n3)c2)n1. The van der Waals surface area contributed by atoms with Crippen molar-refractivity contribution in [2.24, 2.45) is 7.05 Å². The van der Waals surface area contributed by atoms with E-state index in [-0.39, 0.29) is 28.7 Å². The summed E-state index contributed by atoms with van der Waals surface area (Å²) in [5.74, 6) is 1.21. The molecule has 3 heterocycles. The minimum absolute atomic E-state index is 0.0531. The van der Waals surface area contributed by atoms with Gasteiger partial charge in [0.1, 0.15) is 5.82 Å². The van der Waals surface area contributed by atoms with E-state index in [1.807, 2.05) is 54.6 Å². The van der Waals surface area contributed by atoms with Crippen LogP contribution < -0.4 is 15.6 Å². The summed E-state index contributed by atoms with van der Waals surface area (Å²) in [6, 6.07) is 22.9. The summed E-state index contributed by atoms with van der Waals surface area (Å²) in [6.07, 6.45) is 3.48. The van der Waals surface area contributed by atoms with E-state index in [0.29, 0.717) is 35.2 Å². The fraction of sp³-hybridized carbons (Fsp3) is 0.0968. The molecule has 0 aliphatic rings. The summed E-state index contributed by atoms with van der Waals surface area (Å²) in [5, 5.41) is 6.91. The van der Waals surface area contributed by atoms with Gasteiger partial charge < -0.3 is 14.6 Å². The van der Waals surface area contributed by atoms with E-state index in [4.69, 9.17) is 9.26 Å². The molecular formula is C31H24FN7O3. The highest BCUT2D eigenvalue weighted by Gasteiger charge is 2.14. The van der Waals surface area contributed by atoms with Gasteiger partial charge in [0.2, 0.25) is 11.8 Å². The Bertz CT molecular complexity index is 1940. The second-order valence-corrected chi connectivity index (χ2v) is 9.43. The molecule has 0 amide bonds. The summed E-state index contributed by atoms with van der Waals surface area (Å²) >= 11 is 0. The van der Waals surface area contributed by atoms with Crippen molar-refractivity contribution < 1.29 is 13.7 Å². The number of aryl methyl sites for hydroxylation is 1. The third-order valence-electron chi connectivity index (χ3n) is 6.45. The molecule has 0 atom stereocenters. The maximum atomic E-state index is 15.1. The lowest BCUT2D eigenvalue weighted by atomic mass is 10.1. The third kappa shape index (κ3) is 5.75. The average molecular weight is 562 g/mol. The van der Waals surface area contributed by atoms with E-state index in [9.17, 15) is 4.79 Å². The average Bonchev–Trinajstić information content (AvgIpc) is 3.44. The highest BCUT2D eigenvalue weighted by Crippen LogP contribution is 2.28. The second kappa shape index (κ2) is 11.4. The van der Waals surface area contributed by atoms with Gasteiger partial charge in [0, 0.05) is 43.2 Å². The van der Waals surface area contributed by atoms with Crippen molar-refractivity contribution in [3.63, 3.8) is 0 Å². The van der Waals surface area contributed by atoms with Crippen LogP contribution in [0.1, 0.15) is 17.2 Å². The number of hydrogen-bond donors (Lipinski definition) is 1. The lowest BCUT2D eigenvalue weighted by molar-refractivity contribution is 0.425. The van der Waals surface area contributed by atoms with Crippen LogP contribution >= 0.6 is 0 Å². The van der Waals surface area contributed by atoms with Gasteiger partial charge in [-0.2, -0.15) is 9.97 Å². The van der Waals surface area contributed by atoms with Crippen LogP contribution in [0.15, 0.2) is 101 Å². The normalized spacial score (nSPS) is 10.9. The quantitative estimate of drug-likeness (QED) is 0.243. The largest absolute Gasteiger partial charge is 0.436 e. The lowest BCUT2D eigenvalue weighted by Gasteiger charge is -2.11. The Kier molecular flexibility index (Phi) is 7.21. The summed E-state index contributed by atoms with van der Waals surface area (Å²) in [5.41, 5.74) is 2.85. The van der Waals surface area contributed by atoms with Gasteiger partial charge in [0.15, 0.2) is 17.4 Å². The summed E-state index contributed by atoms with van der Waals surface area (Å²) in [4.78, 5) is 30.4. The Hall–Kier alpha value is -5.71. The molecule has 42 heavy (non-hydrogen) atoms. The number of nitrogens with zero attached hydrogens (tertiary/aromatic N) is 6. The van der Waals surface area contributed by atoms with Crippen molar-refractivity contribution in [2.45, 2.75) is 13.3 Å². The third-order valence-corrected chi connectivity index (χ3v) is 6.45. The number of aromatic nitrogens is 6. The number of anilines is 2. The monoisotopic (exact) mass is 561 g/mol. The molecule has 0 saturated carbocycles. The van der Waals surface area contributed by atoms with E-state index < -0.39 is 5.82 Å². The zero-order valence-electron chi connectivity index (χ0n) is 22.7. The second-order valence-electron chi connectivity index (χ2n) is 9.43. The summed E-state index contributed by atoms with van der Waals surface area (Å²) < 4.78 is 27.6. The van der Waals surface area contributed by atoms with Gasteiger partial charge in [-0.15, -0.1) is 0 Å². The van der Waals surface area contributed by atoms with Crippen LogP contribution in [0.3, 0.4) is 0 Å². The molecule has 0 unspecified atom stereocenters. The molecule has 208 valence electrons. The van der Waals surface area contributed by atoms with Crippen molar-refractivity contribution in [3.05, 3.63) is 125 Å². The van der Waals surface area contributed by atoms with Crippen LogP contribution in [0.4, 0.5) is 16.0 Å². The lowest BCUT2D eigenvalue weighted by Crippen LogP contribution is -2.23. The minimum atomic E-state index is -0.654. The van der Waals surface area contributed by atoms with Crippen LogP contribution in [0.5, 0.6) is 11.6 Å². The Morgan fingerprint density at radius 2 is 1.81 bits per heavy atom. The van der Waals surface area contributed by atoms with Crippen LogP contribution in [0.25, 0.3) is 22.6 Å². The van der Waals surface area contributed by atoms with E-state index in [0.717, 1.165) is 11.1 Å². The highest BCUT2D eigenvalue weighted by atomic mass is 19.1. The van der Waals surface area contributed by atoms with Crippen LogP contribution in [-0.2, 0) is 13.5 Å². The Morgan fingerprint density at radius 1 is 0.952 bits per heavy atom. The highest BCUT2D eigenvalue weighted by molar-refractivity contribution is 5.65. The number of hydrogen-bond acceptors (Lipinski definition) is 9. The number of nitrogens with one attached hydrogen (secondary N) is 1. The van der Waals surface area contributed by atoms with Crippen molar-refractivity contribution in [3.8, 4) is 34.2 Å². The fourth-order valence-electron chi connectivity index (χ4n) is 4.32. The molecule has 0 bridgehead atoms. The maximum absolute atomic E-state index is 15.1. The van der Waals surface area contributed by atoms with Gasteiger partial charge in [-0.1, -0.05) is 47.6 Å². The molecular weight excluding hydrogens is 537 g/mol. The first-order chi connectivity index (χ1) is 20.4. The molecule has 1 N–H and O–H groups in total. The van der Waals surface area contributed by atoms with Gasteiger partial charge in [0.25, 0.3) is 11.4 Å². The topological polar surface area (TPSA) is 121 Å². The molecule has 3 aromatic carbocycles. The van der Waals surface area contributed by atoms with Gasteiger partial charge in [-0.25, -0.2) is 14.4 Å². The van der Waals surface area contributed by atoms with E-state index >= 15 is 4.39 Å². The standard InChI is InChI=1S/C31H24FN7O3/c1-19-35-29(42-38-19)22-9-6-10-23(16-22)36-31-33-14-13-28(37-31)41-26-12-11-21(17-25(26)32)24-18-34-27(39(2)30(24)40)15-20-7-4-3-5-8-20/h3-14,16-18H,15H2,1-2H3,(H,33,36,37). The Morgan fingerprint density at radius 3 is 2.60 bits per heavy atom. The number of benzene rings is 3. The summed E-state index contributed by atoms with van der Waals surface area (Å²) in [6.45, 7) is 1.74. The van der Waals surface area contributed by atoms with Gasteiger partial charge in [-0.05, 0) is 48.4 Å². The molecule has 10 nitrogen and oxygen atoms in total. The van der Waals surface area contributed by atoms with E-state index in [1.54, 1.807) is 20.0 Å². The predicted molar refractivity (Wildman–Crippen MR) is 154 cm³/mol. The number of halogens is 1. The van der Waals surface area contributed by atoms with Crippen LogP contribution in [-0.4, -0.2) is 29.7 Å². The van der Waals surface area contributed by atoms with Gasteiger partial charge >= 0.3 is 0 Å². The van der Waals surface area contributed by atoms with Crippen molar-refractivity contribution in [1.29, 1.82) is 0 Å². The minimum Gasteiger partial charge on any atom is -0.436 e. The smallest absolute Gasteiger partial charge is 0.261 e. The molecule has 0 aliphatic heterocycles. The molecule has 3 aromatic heterocycles. The Labute approximate surface area is 239 Å². The van der Waals surface area contributed by atoms with Crippen molar-refractivity contribution in [2.75, 3.05) is 5.32 Å². The predicted octanol–water partition coefficient (Wildman–Crippen LogP) is 5.86. The first-order valence-corrected chi connectivity index (χ1v) is 13.0. The fourth-order valence-corrected chi connectivity index (χ4v) is 4.32. The van der Waals surface area contributed by atoms with Crippen molar-refractivity contribution in [1.82, 2.24) is 29.7 Å². The zero-order chi connectivity index (χ0) is 29.1. The maximum Gasteiger partial charge on any atom is 0.261 e. The number of ether oxygens (including phenoxy) is 1. The van der Waals surface area contributed by atoms with Crippen molar-refractivity contribution >= 4 is 11.6 Å². The molecule has 6 rings (SSSR count). The number of rotatable bonds is 8. The summed E-state index contributed by atoms with van der Waals surface area (Å²) in [7, 11) is 1.66. The molecule has 6 aromatic rings. The van der Waals surface area contributed by atoms with E-state index in [2.05, 4.69) is 30.4 Å². The Balaban J connectivity index is 1.18. The molecule has 0 spiro atoms. The van der Waals surface area contributed by atoms with E-state index in [1.165, 1.54) is 35.2 Å². The molecule has 11 heteroatoms. The zero-order valence-corrected chi connectivity index (χ0v) is 22.7. The van der Waals surface area contributed by atoms with Gasteiger partial charge in [-0.3, -0.25) is 9.36 Å². The first-order valence-electron chi connectivity index (χ1n) is 13.0. The first kappa shape index (κ1) is 26.5. The molecule has 0 saturated heterocycles. The molecule has 0 fully saturated rings.